The van der Waals surface area contributed by atoms with Crippen LogP contribution in [-0.2, 0) is 0 Å². The van der Waals surface area contributed by atoms with E-state index < -0.39 is 5.97 Å². The molecule has 1 saturated heterocycles. The van der Waals surface area contributed by atoms with E-state index in [2.05, 4.69) is 21.9 Å². The number of hydrogen-bond acceptors (Lipinski definition) is 4. The highest BCUT2D eigenvalue weighted by Gasteiger charge is 2.45. The number of carboxylic acid groups (broad SMARTS) is 1. The average molecular weight is 535 g/mol. The van der Waals surface area contributed by atoms with Gasteiger partial charge in [-0.15, -0.1) is 0 Å². The standard InChI is InChI=1S/C33H34N4O3/c1-2-9-25-13-4-6-17-36(25)32(38)24-12-7-10-22(18-24)23-11-8-14-26(19-23)37-31(29(21-35-37)33(39)40)28-20-27(28)30-15-3-5-16-34-30/h3,5,7-8,10-12,14-16,18-19,21,25,27-28H,2,4,6,9,13,17,20H2,1H3,(H,39,40). The van der Waals surface area contributed by atoms with E-state index in [1.807, 2.05) is 66.7 Å². The second kappa shape index (κ2) is 11.1. The Balaban J connectivity index is 1.31. The molecule has 1 aliphatic carbocycles. The van der Waals surface area contributed by atoms with Gasteiger partial charge >= 0.3 is 5.97 Å². The van der Waals surface area contributed by atoms with Gasteiger partial charge in [-0.25, -0.2) is 9.48 Å². The Kier molecular flexibility index (Phi) is 7.20. The molecule has 1 N–H and O–H groups in total. The first kappa shape index (κ1) is 26.0. The van der Waals surface area contributed by atoms with E-state index in [4.69, 9.17) is 0 Å². The molecular formula is C33H34N4O3. The lowest BCUT2D eigenvalue weighted by atomic mass is 9.96. The molecule has 7 nitrogen and oxygen atoms in total. The van der Waals surface area contributed by atoms with Crippen LogP contribution in [0.3, 0.4) is 0 Å². The zero-order valence-electron chi connectivity index (χ0n) is 22.7. The number of carbonyl (C=O) groups excluding carboxylic acids is 1. The Morgan fingerprint density at radius 1 is 0.975 bits per heavy atom. The van der Waals surface area contributed by atoms with Gasteiger partial charge in [-0.3, -0.25) is 9.78 Å². The molecule has 3 atom stereocenters. The molecule has 0 bridgehead atoms. The van der Waals surface area contributed by atoms with Crippen LogP contribution in [0.2, 0.25) is 0 Å². The quantitative estimate of drug-likeness (QED) is 0.272. The van der Waals surface area contributed by atoms with Gasteiger partial charge in [0.1, 0.15) is 5.56 Å². The van der Waals surface area contributed by atoms with Crippen LogP contribution >= 0.6 is 0 Å². The molecule has 204 valence electrons. The summed E-state index contributed by atoms with van der Waals surface area (Å²) in [6.07, 6.45) is 9.49. The summed E-state index contributed by atoms with van der Waals surface area (Å²) in [5.74, 6) is -0.666. The number of hydrogen-bond donors (Lipinski definition) is 1. The minimum absolute atomic E-state index is 0.0358. The number of carboxylic acids is 1. The first-order valence-corrected chi connectivity index (χ1v) is 14.3. The van der Waals surface area contributed by atoms with Crippen molar-refractivity contribution in [3.63, 3.8) is 0 Å². The number of piperidine rings is 1. The number of benzene rings is 2. The fraction of sp³-hybridized carbons (Fsp3) is 0.333. The summed E-state index contributed by atoms with van der Waals surface area (Å²) < 4.78 is 1.76. The smallest absolute Gasteiger partial charge is 0.339 e. The van der Waals surface area contributed by atoms with Crippen LogP contribution in [0, 0.1) is 0 Å². The van der Waals surface area contributed by atoms with Gasteiger partial charge in [-0.1, -0.05) is 43.7 Å². The fourth-order valence-corrected chi connectivity index (χ4v) is 6.22. The van der Waals surface area contributed by atoms with Gasteiger partial charge in [0.15, 0.2) is 0 Å². The summed E-state index contributed by atoms with van der Waals surface area (Å²) >= 11 is 0. The van der Waals surface area contributed by atoms with E-state index in [0.29, 0.717) is 17.3 Å². The Morgan fingerprint density at radius 2 is 1.80 bits per heavy atom. The summed E-state index contributed by atoms with van der Waals surface area (Å²) in [6.45, 7) is 3.00. The van der Waals surface area contributed by atoms with Crippen LogP contribution in [-0.4, -0.2) is 49.2 Å². The van der Waals surface area contributed by atoms with Crippen LogP contribution in [0.4, 0.5) is 0 Å². The molecule has 0 spiro atoms. The molecule has 2 aromatic carbocycles. The minimum atomic E-state index is -0.977. The first-order valence-electron chi connectivity index (χ1n) is 14.3. The van der Waals surface area contributed by atoms with E-state index in [9.17, 15) is 14.7 Å². The maximum absolute atomic E-state index is 13.5. The molecule has 2 fully saturated rings. The largest absolute Gasteiger partial charge is 0.478 e. The van der Waals surface area contributed by atoms with Crippen molar-refractivity contribution in [2.45, 2.75) is 63.3 Å². The van der Waals surface area contributed by atoms with Gasteiger partial charge in [0, 0.05) is 41.9 Å². The summed E-state index contributed by atoms with van der Waals surface area (Å²) in [6, 6.07) is 21.9. The minimum Gasteiger partial charge on any atom is -0.478 e. The number of amides is 1. The number of pyridine rings is 1. The molecule has 7 heteroatoms. The molecule has 1 saturated carbocycles. The number of rotatable bonds is 8. The zero-order chi connectivity index (χ0) is 27.6. The van der Waals surface area contributed by atoms with Crippen LogP contribution in [0.5, 0.6) is 0 Å². The Labute approximate surface area is 234 Å². The van der Waals surface area contributed by atoms with Crippen molar-refractivity contribution in [1.29, 1.82) is 0 Å². The molecule has 3 heterocycles. The van der Waals surface area contributed by atoms with Crippen LogP contribution in [0.15, 0.2) is 79.1 Å². The highest BCUT2D eigenvalue weighted by molar-refractivity contribution is 5.96. The molecule has 1 amide bonds. The number of aromatic carboxylic acids is 1. The normalized spacial score (nSPS) is 20.3. The van der Waals surface area contributed by atoms with Crippen LogP contribution < -0.4 is 0 Å². The molecule has 2 aliphatic rings. The second-order valence-electron chi connectivity index (χ2n) is 10.9. The number of aromatic nitrogens is 3. The van der Waals surface area contributed by atoms with Crippen molar-refractivity contribution in [1.82, 2.24) is 19.7 Å². The van der Waals surface area contributed by atoms with Gasteiger partial charge in [-0.05, 0) is 79.6 Å². The number of likely N-dealkylation sites (tertiary alicyclic amines) is 1. The molecule has 4 aromatic rings. The number of carbonyl (C=O) groups is 2. The molecule has 6 rings (SSSR count). The molecule has 2 aromatic heterocycles. The maximum atomic E-state index is 13.5. The van der Waals surface area contributed by atoms with Crippen molar-refractivity contribution in [2.75, 3.05) is 6.54 Å². The fourth-order valence-electron chi connectivity index (χ4n) is 6.22. The first-order chi connectivity index (χ1) is 19.5. The van der Waals surface area contributed by atoms with E-state index in [1.165, 1.54) is 12.6 Å². The maximum Gasteiger partial charge on any atom is 0.339 e. The molecular weight excluding hydrogens is 500 g/mol. The predicted octanol–water partition coefficient (Wildman–Crippen LogP) is 6.70. The van der Waals surface area contributed by atoms with Gasteiger partial charge in [0.2, 0.25) is 0 Å². The van der Waals surface area contributed by atoms with Crippen molar-refractivity contribution >= 4 is 11.9 Å². The summed E-state index contributed by atoms with van der Waals surface area (Å²) in [5.41, 5.74) is 5.30. The van der Waals surface area contributed by atoms with Crippen molar-refractivity contribution in [3.8, 4) is 16.8 Å². The van der Waals surface area contributed by atoms with Gasteiger partial charge in [0.25, 0.3) is 5.91 Å². The highest BCUT2D eigenvalue weighted by atomic mass is 16.4. The number of nitrogens with zero attached hydrogens (tertiary/aromatic N) is 4. The summed E-state index contributed by atoms with van der Waals surface area (Å²) in [7, 11) is 0. The molecule has 0 radical (unpaired) electrons. The third-order valence-corrected chi connectivity index (χ3v) is 8.29. The highest BCUT2D eigenvalue weighted by Crippen LogP contribution is 2.55. The van der Waals surface area contributed by atoms with Gasteiger partial charge in [-0.2, -0.15) is 5.10 Å². The lowest BCUT2D eigenvalue weighted by Crippen LogP contribution is -2.43. The third kappa shape index (κ3) is 5.04. The molecule has 1 aliphatic heterocycles. The van der Waals surface area contributed by atoms with Crippen molar-refractivity contribution < 1.29 is 14.7 Å². The summed E-state index contributed by atoms with van der Waals surface area (Å²) in [4.78, 5) is 32.2. The lowest BCUT2D eigenvalue weighted by molar-refractivity contribution is 0.0600. The van der Waals surface area contributed by atoms with E-state index in [0.717, 1.165) is 61.2 Å². The van der Waals surface area contributed by atoms with Gasteiger partial charge in [0.05, 0.1) is 17.6 Å². The second-order valence-corrected chi connectivity index (χ2v) is 10.9. The Morgan fingerprint density at radius 3 is 2.58 bits per heavy atom. The zero-order valence-corrected chi connectivity index (χ0v) is 22.7. The topological polar surface area (TPSA) is 88.3 Å². The monoisotopic (exact) mass is 534 g/mol. The van der Waals surface area contributed by atoms with E-state index in [1.54, 1.807) is 10.9 Å². The van der Waals surface area contributed by atoms with Crippen molar-refractivity contribution in [2.24, 2.45) is 0 Å². The third-order valence-electron chi connectivity index (χ3n) is 8.29. The van der Waals surface area contributed by atoms with Gasteiger partial charge < -0.3 is 10.0 Å². The summed E-state index contributed by atoms with van der Waals surface area (Å²) in [5, 5.41) is 14.4. The van der Waals surface area contributed by atoms with E-state index >= 15 is 0 Å². The Bertz CT molecular complexity index is 1530. The average Bonchev–Trinajstić information content (AvgIpc) is 3.66. The van der Waals surface area contributed by atoms with E-state index in [-0.39, 0.29) is 23.3 Å². The SMILES string of the molecule is CCCC1CCCCN1C(=O)c1cccc(-c2cccc(-n3ncc(C(=O)O)c3C3CC3c3ccccn3)c2)c1. The lowest BCUT2D eigenvalue weighted by Gasteiger charge is -2.36. The predicted molar refractivity (Wildman–Crippen MR) is 154 cm³/mol. The van der Waals surface area contributed by atoms with Crippen molar-refractivity contribution in [3.05, 3.63) is 102 Å². The van der Waals surface area contributed by atoms with Crippen LogP contribution in [0.1, 0.15) is 89.4 Å². The Hall–Kier alpha value is -4.26. The van der Waals surface area contributed by atoms with Crippen LogP contribution in [0.25, 0.3) is 16.8 Å². The molecule has 3 unspecified atom stereocenters. The molecule has 40 heavy (non-hydrogen) atoms.